The van der Waals surface area contributed by atoms with Crippen LogP contribution in [0.5, 0.6) is 0 Å². The van der Waals surface area contributed by atoms with Gasteiger partial charge in [0.25, 0.3) is 0 Å². The van der Waals surface area contributed by atoms with Gasteiger partial charge in [0.2, 0.25) is 0 Å². The van der Waals surface area contributed by atoms with Gasteiger partial charge < -0.3 is 0 Å². The van der Waals surface area contributed by atoms with E-state index >= 15 is 0 Å². The third kappa shape index (κ3) is 2.48. The van der Waals surface area contributed by atoms with Crippen molar-refractivity contribution in [2.24, 2.45) is 34.5 Å². The van der Waals surface area contributed by atoms with E-state index in [0.29, 0.717) is 5.41 Å². The minimum absolute atomic E-state index is 0.614. The first-order valence-electron chi connectivity index (χ1n) is 10.6. The molecule has 4 aliphatic rings. The molecule has 4 rings (SSSR count). The Morgan fingerprint density at radius 3 is 2.00 bits per heavy atom. The van der Waals surface area contributed by atoms with Crippen LogP contribution in [0.3, 0.4) is 0 Å². The van der Waals surface area contributed by atoms with Gasteiger partial charge in [-0.25, -0.2) is 0 Å². The molecule has 0 aliphatic heterocycles. The third-order valence-corrected chi connectivity index (χ3v) is 8.95. The van der Waals surface area contributed by atoms with Crippen molar-refractivity contribution >= 4 is 0 Å². The first-order chi connectivity index (χ1) is 10.6. The van der Waals surface area contributed by atoms with Gasteiger partial charge in [0.05, 0.1) is 0 Å². The van der Waals surface area contributed by atoms with Crippen LogP contribution in [-0.4, -0.2) is 0 Å². The molecule has 2 bridgehead atoms. The lowest BCUT2D eigenvalue weighted by Gasteiger charge is -2.44. The molecule has 0 amide bonds. The Kier molecular flexibility index (Phi) is 4.10. The Morgan fingerprint density at radius 1 is 0.591 bits per heavy atom. The first-order valence-corrected chi connectivity index (χ1v) is 10.6. The van der Waals surface area contributed by atoms with Crippen LogP contribution in [0.25, 0.3) is 0 Å². The molecule has 4 fully saturated rings. The summed E-state index contributed by atoms with van der Waals surface area (Å²) in [6, 6.07) is 0. The van der Waals surface area contributed by atoms with Gasteiger partial charge in [-0.05, 0) is 79.4 Å². The zero-order valence-electron chi connectivity index (χ0n) is 15.2. The third-order valence-electron chi connectivity index (χ3n) is 8.95. The normalized spacial score (nSPS) is 48.3. The summed E-state index contributed by atoms with van der Waals surface area (Å²) in [6.45, 7) is 5.33. The van der Waals surface area contributed by atoms with Crippen LogP contribution < -0.4 is 0 Å². The number of rotatable bonds is 0. The molecule has 5 atom stereocenters. The molecule has 0 aromatic carbocycles. The molecule has 22 heavy (non-hydrogen) atoms. The molecule has 5 unspecified atom stereocenters. The molecule has 0 aromatic heterocycles. The lowest BCUT2D eigenvalue weighted by Crippen LogP contribution is -2.34. The fourth-order valence-corrected chi connectivity index (χ4v) is 7.38. The van der Waals surface area contributed by atoms with Crippen molar-refractivity contribution in [1.29, 1.82) is 0 Å². The van der Waals surface area contributed by atoms with Crippen LogP contribution in [0.2, 0.25) is 0 Å². The zero-order valence-corrected chi connectivity index (χ0v) is 15.2. The van der Waals surface area contributed by atoms with E-state index in [9.17, 15) is 0 Å². The maximum atomic E-state index is 2.66. The summed E-state index contributed by atoms with van der Waals surface area (Å²) >= 11 is 0. The number of hydrogen-bond donors (Lipinski definition) is 0. The van der Waals surface area contributed by atoms with Crippen LogP contribution in [0.15, 0.2) is 0 Å². The summed E-state index contributed by atoms with van der Waals surface area (Å²) < 4.78 is 0. The maximum Gasteiger partial charge on any atom is -0.0235 e. The van der Waals surface area contributed by atoms with Crippen LogP contribution in [0, 0.1) is 34.5 Å². The SMILES string of the molecule is CC1(C)C2CCCCCC1CC1C3CCCC31CCCCC2. The Balaban J connectivity index is 1.58. The Hall–Kier alpha value is 0. The summed E-state index contributed by atoms with van der Waals surface area (Å²) in [4.78, 5) is 0. The van der Waals surface area contributed by atoms with Gasteiger partial charge in [-0.2, -0.15) is 0 Å². The van der Waals surface area contributed by atoms with Crippen molar-refractivity contribution < 1.29 is 0 Å². The van der Waals surface area contributed by atoms with Gasteiger partial charge in [0.15, 0.2) is 0 Å². The molecule has 1 spiro atoms. The molecular weight excluding hydrogens is 264 g/mol. The van der Waals surface area contributed by atoms with Crippen molar-refractivity contribution in [3.8, 4) is 0 Å². The van der Waals surface area contributed by atoms with Gasteiger partial charge in [0, 0.05) is 0 Å². The average Bonchev–Trinajstić information content (AvgIpc) is 2.85. The molecule has 0 aromatic rings. The highest BCUT2D eigenvalue weighted by Gasteiger charge is 2.65. The van der Waals surface area contributed by atoms with Crippen molar-refractivity contribution in [3.63, 3.8) is 0 Å². The van der Waals surface area contributed by atoms with E-state index in [1.54, 1.807) is 44.9 Å². The number of hydrogen-bond acceptors (Lipinski definition) is 0. The van der Waals surface area contributed by atoms with Crippen LogP contribution in [0.1, 0.15) is 104 Å². The second-order valence-corrected chi connectivity index (χ2v) is 10.0. The van der Waals surface area contributed by atoms with Gasteiger partial charge in [-0.1, -0.05) is 58.8 Å². The van der Waals surface area contributed by atoms with Crippen molar-refractivity contribution in [2.45, 2.75) is 104 Å². The highest BCUT2D eigenvalue weighted by molar-refractivity contribution is 5.14. The molecule has 0 saturated heterocycles. The second-order valence-electron chi connectivity index (χ2n) is 10.0. The Labute approximate surface area is 138 Å². The molecule has 4 saturated carbocycles. The standard InChI is InChI=1S/C22H38/c1-21(2)17-10-5-3-6-12-18(21)16-20-19-13-9-15-22(19,20)14-8-4-7-11-17/h17-20H,3-16H2,1-2H3. The van der Waals surface area contributed by atoms with E-state index in [2.05, 4.69) is 13.8 Å². The summed E-state index contributed by atoms with van der Waals surface area (Å²) in [7, 11) is 0. The van der Waals surface area contributed by atoms with Gasteiger partial charge in [0.1, 0.15) is 0 Å². The van der Waals surface area contributed by atoms with Crippen molar-refractivity contribution in [1.82, 2.24) is 0 Å². The first kappa shape index (κ1) is 15.5. The summed E-state index contributed by atoms with van der Waals surface area (Å²) in [5, 5.41) is 0. The number of fused-ring (bicyclic) bond motifs is 3. The van der Waals surface area contributed by atoms with E-state index in [1.807, 2.05) is 0 Å². The summed E-state index contributed by atoms with van der Waals surface area (Å²) in [6.07, 6.45) is 21.7. The smallest absolute Gasteiger partial charge is 0.0235 e. The van der Waals surface area contributed by atoms with Gasteiger partial charge in [-0.3, -0.25) is 0 Å². The average molecular weight is 303 g/mol. The maximum absolute atomic E-state index is 2.66. The molecule has 0 heteroatoms. The monoisotopic (exact) mass is 302 g/mol. The Morgan fingerprint density at radius 2 is 1.23 bits per heavy atom. The predicted octanol–water partition coefficient (Wildman–Crippen LogP) is 6.98. The predicted molar refractivity (Wildman–Crippen MR) is 94.8 cm³/mol. The minimum Gasteiger partial charge on any atom is -0.0594 e. The lowest BCUT2D eigenvalue weighted by molar-refractivity contribution is 0.0633. The molecular formula is C22H38. The highest BCUT2D eigenvalue weighted by atomic mass is 14.7. The topological polar surface area (TPSA) is 0 Å². The van der Waals surface area contributed by atoms with E-state index in [4.69, 9.17) is 0 Å². The van der Waals surface area contributed by atoms with Crippen LogP contribution >= 0.6 is 0 Å². The fourth-order valence-electron chi connectivity index (χ4n) is 7.38. The molecule has 0 nitrogen and oxygen atoms in total. The van der Waals surface area contributed by atoms with E-state index in [-0.39, 0.29) is 0 Å². The quantitative estimate of drug-likeness (QED) is 0.453. The zero-order chi connectivity index (χ0) is 15.2. The van der Waals surface area contributed by atoms with E-state index < -0.39 is 0 Å². The molecule has 0 N–H and O–H groups in total. The molecule has 126 valence electrons. The lowest BCUT2D eigenvalue weighted by atomic mass is 9.62. The molecule has 0 heterocycles. The van der Waals surface area contributed by atoms with Crippen LogP contribution in [-0.2, 0) is 0 Å². The van der Waals surface area contributed by atoms with Crippen LogP contribution in [0.4, 0.5) is 0 Å². The molecule has 0 radical (unpaired) electrons. The fraction of sp³-hybridized carbons (Fsp3) is 1.00. The largest absolute Gasteiger partial charge is 0.0594 e. The Bertz CT molecular complexity index is 395. The van der Waals surface area contributed by atoms with E-state index in [1.165, 1.54) is 44.9 Å². The minimum atomic E-state index is 0.614. The van der Waals surface area contributed by atoms with Gasteiger partial charge in [-0.15, -0.1) is 0 Å². The summed E-state index contributed by atoms with van der Waals surface area (Å²) in [5.41, 5.74) is 1.47. The highest BCUT2D eigenvalue weighted by Crippen LogP contribution is 2.73. The van der Waals surface area contributed by atoms with Crippen molar-refractivity contribution in [3.05, 3.63) is 0 Å². The van der Waals surface area contributed by atoms with Crippen molar-refractivity contribution in [2.75, 3.05) is 0 Å². The van der Waals surface area contributed by atoms with Gasteiger partial charge >= 0.3 is 0 Å². The van der Waals surface area contributed by atoms with E-state index in [0.717, 1.165) is 29.1 Å². The molecule has 4 aliphatic carbocycles. The second kappa shape index (κ2) is 5.82. The summed E-state index contributed by atoms with van der Waals surface area (Å²) in [5.74, 6) is 4.35.